The van der Waals surface area contributed by atoms with Gasteiger partial charge in [-0.3, -0.25) is 24.6 Å². The first-order valence-electron chi connectivity index (χ1n) is 11.2. The maximum atomic E-state index is 13.0. The summed E-state index contributed by atoms with van der Waals surface area (Å²) in [6.07, 6.45) is 1.61. The van der Waals surface area contributed by atoms with Crippen molar-refractivity contribution in [3.05, 3.63) is 101 Å². The topological polar surface area (TPSA) is 99.0 Å². The van der Waals surface area contributed by atoms with E-state index in [0.717, 1.165) is 22.2 Å². The summed E-state index contributed by atoms with van der Waals surface area (Å²) in [6, 6.07) is 14.3. The van der Waals surface area contributed by atoms with Crippen molar-refractivity contribution >= 4 is 73.8 Å². The van der Waals surface area contributed by atoms with Crippen molar-refractivity contribution in [3.8, 4) is 11.5 Å². The number of non-ortho nitro benzene ring substituents is 1. The molecule has 0 saturated carbocycles. The molecule has 1 aliphatic rings. The second-order valence-corrected chi connectivity index (χ2v) is 10.7. The smallest absolute Gasteiger partial charge is 0.293 e. The SMILES string of the molecule is CCOc1cc(/C=C2\SC(=O)N(Cc3ccc([N+](=O)[O-])cc3)C2=O)cc(Br)c1OCc1ccc(Cl)cc1Cl. The molecular formula is C26H19BrCl2N2O6S. The van der Waals surface area contributed by atoms with E-state index < -0.39 is 16.1 Å². The molecule has 1 heterocycles. The second-order valence-electron chi connectivity index (χ2n) is 7.98. The highest BCUT2D eigenvalue weighted by Gasteiger charge is 2.35. The van der Waals surface area contributed by atoms with E-state index in [1.54, 1.807) is 36.4 Å². The second kappa shape index (κ2) is 12.2. The first-order chi connectivity index (χ1) is 18.2. The van der Waals surface area contributed by atoms with Gasteiger partial charge < -0.3 is 9.47 Å². The normalized spacial score (nSPS) is 14.3. The number of carbonyl (C=O) groups is 2. The lowest BCUT2D eigenvalue weighted by atomic mass is 10.1. The Kier molecular flexibility index (Phi) is 8.99. The van der Waals surface area contributed by atoms with Crippen molar-refractivity contribution in [2.24, 2.45) is 0 Å². The molecule has 0 aliphatic carbocycles. The molecule has 2 amide bonds. The van der Waals surface area contributed by atoms with E-state index in [4.69, 9.17) is 32.7 Å². The number of nitrogens with zero attached hydrogens (tertiary/aromatic N) is 2. The molecular weight excluding hydrogens is 619 g/mol. The monoisotopic (exact) mass is 636 g/mol. The Morgan fingerprint density at radius 3 is 2.47 bits per heavy atom. The van der Waals surface area contributed by atoms with E-state index in [1.165, 1.54) is 24.3 Å². The molecule has 1 fully saturated rings. The molecule has 0 bridgehead atoms. The summed E-state index contributed by atoms with van der Waals surface area (Å²) in [5.41, 5.74) is 1.90. The molecule has 12 heteroatoms. The number of thioether (sulfide) groups is 1. The first kappa shape index (κ1) is 28.0. The summed E-state index contributed by atoms with van der Waals surface area (Å²) < 4.78 is 12.4. The molecule has 38 heavy (non-hydrogen) atoms. The summed E-state index contributed by atoms with van der Waals surface area (Å²) in [5, 5.41) is 11.4. The maximum absolute atomic E-state index is 13.0. The molecule has 0 unspecified atom stereocenters. The fourth-order valence-electron chi connectivity index (χ4n) is 3.56. The van der Waals surface area contributed by atoms with Crippen molar-refractivity contribution in [1.82, 2.24) is 4.90 Å². The van der Waals surface area contributed by atoms with Gasteiger partial charge in [0.15, 0.2) is 11.5 Å². The first-order valence-corrected chi connectivity index (χ1v) is 13.5. The molecule has 4 rings (SSSR count). The number of ether oxygens (including phenoxy) is 2. The zero-order chi connectivity index (χ0) is 27.4. The number of imide groups is 1. The van der Waals surface area contributed by atoms with Gasteiger partial charge in [0.25, 0.3) is 16.8 Å². The predicted molar refractivity (Wildman–Crippen MR) is 151 cm³/mol. The standard InChI is InChI=1S/C26H19BrCl2N2O6S/c1-2-36-22-10-16(9-20(27)24(22)37-14-17-5-6-18(28)12-21(17)29)11-23-25(32)30(26(33)38-23)13-15-3-7-19(8-4-15)31(34)35/h3-12H,2,13-14H2,1H3/b23-11-. The molecule has 0 aromatic heterocycles. The van der Waals surface area contributed by atoms with Gasteiger partial charge in [-0.25, -0.2) is 0 Å². The number of benzene rings is 3. The van der Waals surface area contributed by atoms with E-state index in [2.05, 4.69) is 15.9 Å². The van der Waals surface area contributed by atoms with E-state index >= 15 is 0 Å². The molecule has 196 valence electrons. The summed E-state index contributed by atoms with van der Waals surface area (Å²) in [5.74, 6) is 0.453. The molecule has 3 aromatic rings. The predicted octanol–water partition coefficient (Wildman–Crippen LogP) is 7.88. The van der Waals surface area contributed by atoms with Crippen LogP contribution in [0.5, 0.6) is 11.5 Å². The Morgan fingerprint density at radius 1 is 1.08 bits per heavy atom. The van der Waals surface area contributed by atoms with Crippen molar-refractivity contribution in [2.75, 3.05) is 6.61 Å². The molecule has 0 atom stereocenters. The van der Waals surface area contributed by atoms with Crippen LogP contribution in [0.2, 0.25) is 10.0 Å². The lowest BCUT2D eigenvalue weighted by molar-refractivity contribution is -0.384. The van der Waals surface area contributed by atoms with Gasteiger partial charge in [-0.2, -0.15) is 0 Å². The van der Waals surface area contributed by atoms with Crippen molar-refractivity contribution in [1.29, 1.82) is 0 Å². The lowest BCUT2D eigenvalue weighted by Gasteiger charge is -2.15. The van der Waals surface area contributed by atoms with Crippen LogP contribution >= 0.6 is 50.9 Å². The molecule has 0 radical (unpaired) electrons. The van der Waals surface area contributed by atoms with Gasteiger partial charge in [0, 0.05) is 27.7 Å². The minimum Gasteiger partial charge on any atom is -0.490 e. The highest BCUT2D eigenvalue weighted by atomic mass is 79.9. The fourth-order valence-corrected chi connectivity index (χ4v) is 5.43. The Balaban J connectivity index is 1.54. The van der Waals surface area contributed by atoms with Crippen LogP contribution in [-0.2, 0) is 17.9 Å². The van der Waals surface area contributed by atoms with Crippen molar-refractivity contribution < 1.29 is 24.0 Å². The molecule has 0 N–H and O–H groups in total. The lowest BCUT2D eigenvalue weighted by Crippen LogP contribution is -2.27. The summed E-state index contributed by atoms with van der Waals surface area (Å²) in [6.45, 7) is 2.40. The number of rotatable bonds is 9. The quantitative estimate of drug-likeness (QED) is 0.134. The third kappa shape index (κ3) is 6.50. The van der Waals surface area contributed by atoms with E-state index in [-0.39, 0.29) is 23.7 Å². The third-order valence-electron chi connectivity index (χ3n) is 5.38. The van der Waals surface area contributed by atoms with Crippen LogP contribution in [0.25, 0.3) is 6.08 Å². The number of hydrogen-bond acceptors (Lipinski definition) is 7. The average Bonchev–Trinajstić information content (AvgIpc) is 3.12. The number of carbonyl (C=O) groups excluding carboxylic acids is 2. The number of halogens is 3. The van der Waals surface area contributed by atoms with Crippen molar-refractivity contribution in [2.45, 2.75) is 20.1 Å². The van der Waals surface area contributed by atoms with E-state index in [1.807, 2.05) is 6.92 Å². The van der Waals surface area contributed by atoms with Crippen LogP contribution < -0.4 is 9.47 Å². The minimum absolute atomic E-state index is 0.00786. The van der Waals surface area contributed by atoms with Crippen LogP contribution in [0.15, 0.2) is 64.0 Å². The third-order valence-corrected chi connectivity index (χ3v) is 7.46. The van der Waals surface area contributed by atoms with Gasteiger partial charge in [-0.1, -0.05) is 41.4 Å². The zero-order valence-electron chi connectivity index (χ0n) is 19.8. The van der Waals surface area contributed by atoms with Gasteiger partial charge in [-0.15, -0.1) is 0 Å². The van der Waals surface area contributed by atoms with E-state index in [0.29, 0.717) is 43.8 Å². The largest absolute Gasteiger partial charge is 0.490 e. The Hall–Kier alpha value is -3.05. The van der Waals surface area contributed by atoms with Crippen LogP contribution in [0.1, 0.15) is 23.6 Å². The number of hydrogen-bond donors (Lipinski definition) is 0. The highest BCUT2D eigenvalue weighted by Crippen LogP contribution is 2.40. The molecule has 1 saturated heterocycles. The highest BCUT2D eigenvalue weighted by molar-refractivity contribution is 9.10. The van der Waals surface area contributed by atoms with Gasteiger partial charge in [0.1, 0.15) is 6.61 Å². The number of amides is 2. The van der Waals surface area contributed by atoms with Gasteiger partial charge in [0.05, 0.1) is 27.5 Å². The molecule has 1 aliphatic heterocycles. The molecule has 0 spiro atoms. The molecule has 8 nitrogen and oxygen atoms in total. The van der Waals surface area contributed by atoms with Gasteiger partial charge >= 0.3 is 0 Å². The Bertz CT molecular complexity index is 1450. The van der Waals surface area contributed by atoms with Gasteiger partial charge in [-0.05, 0) is 76.1 Å². The zero-order valence-corrected chi connectivity index (χ0v) is 23.7. The minimum atomic E-state index is -0.510. The van der Waals surface area contributed by atoms with Gasteiger partial charge in [0.2, 0.25) is 0 Å². The number of nitro benzene ring substituents is 1. The summed E-state index contributed by atoms with van der Waals surface area (Å²) in [4.78, 5) is 37.3. The fraction of sp³-hybridized carbons (Fsp3) is 0.154. The Morgan fingerprint density at radius 2 is 1.82 bits per heavy atom. The summed E-state index contributed by atoms with van der Waals surface area (Å²) in [7, 11) is 0. The van der Waals surface area contributed by atoms with Crippen molar-refractivity contribution in [3.63, 3.8) is 0 Å². The van der Waals surface area contributed by atoms with Crippen LogP contribution in [0, 0.1) is 10.1 Å². The van der Waals surface area contributed by atoms with Crippen LogP contribution in [0.3, 0.4) is 0 Å². The summed E-state index contributed by atoms with van der Waals surface area (Å²) >= 11 is 16.6. The van der Waals surface area contributed by atoms with Crippen LogP contribution in [0.4, 0.5) is 10.5 Å². The number of nitro groups is 1. The molecule has 3 aromatic carbocycles. The Labute approximate surface area is 240 Å². The maximum Gasteiger partial charge on any atom is 0.293 e. The average molecular weight is 638 g/mol. The van der Waals surface area contributed by atoms with E-state index in [9.17, 15) is 19.7 Å². The van der Waals surface area contributed by atoms with Crippen LogP contribution in [-0.4, -0.2) is 27.6 Å².